The lowest BCUT2D eigenvalue weighted by molar-refractivity contribution is 0.0623. The fourth-order valence-electron chi connectivity index (χ4n) is 3.72. The average molecular weight is 381 g/mol. The lowest BCUT2D eigenvalue weighted by atomic mass is 9.97. The second-order valence-electron chi connectivity index (χ2n) is 6.96. The molecule has 28 heavy (non-hydrogen) atoms. The predicted octanol–water partition coefficient (Wildman–Crippen LogP) is 2.68. The maximum Gasteiger partial charge on any atom is 0.254 e. The first-order valence-electron chi connectivity index (χ1n) is 9.60. The molecule has 6 nitrogen and oxygen atoms in total. The fourth-order valence-corrected chi connectivity index (χ4v) is 3.72. The molecular formula is C22H27N3O3. The topological polar surface area (TPSA) is 84.7 Å². The molecule has 1 aliphatic heterocycles. The van der Waals surface area contributed by atoms with Crippen LogP contribution in [-0.2, 0) is 0 Å². The minimum atomic E-state index is -0.171. The minimum absolute atomic E-state index is 0.00146. The first-order chi connectivity index (χ1) is 13.6. The molecule has 0 spiro atoms. The Morgan fingerprint density at radius 2 is 2.00 bits per heavy atom. The van der Waals surface area contributed by atoms with E-state index in [4.69, 9.17) is 10.5 Å². The Morgan fingerprint density at radius 1 is 1.18 bits per heavy atom. The van der Waals surface area contributed by atoms with E-state index in [0.717, 1.165) is 36.9 Å². The molecule has 0 aliphatic carbocycles. The zero-order valence-corrected chi connectivity index (χ0v) is 16.4. The van der Waals surface area contributed by atoms with Gasteiger partial charge in [-0.3, -0.25) is 9.59 Å². The first kappa shape index (κ1) is 19.9. The molecule has 2 aromatic rings. The predicted molar refractivity (Wildman–Crippen MR) is 110 cm³/mol. The van der Waals surface area contributed by atoms with Crippen molar-refractivity contribution < 1.29 is 14.3 Å². The van der Waals surface area contributed by atoms with Crippen molar-refractivity contribution in [2.24, 2.45) is 5.73 Å². The summed E-state index contributed by atoms with van der Waals surface area (Å²) in [6, 6.07) is 12.8. The maximum absolute atomic E-state index is 13.1. The number of hydrogen-bond acceptors (Lipinski definition) is 4. The summed E-state index contributed by atoms with van der Waals surface area (Å²) in [5, 5.41) is 2.63. The van der Waals surface area contributed by atoms with E-state index in [9.17, 15) is 9.59 Å². The zero-order chi connectivity index (χ0) is 20.1. The van der Waals surface area contributed by atoms with E-state index >= 15 is 0 Å². The highest BCUT2D eigenvalue weighted by Gasteiger charge is 2.26. The molecule has 1 fully saturated rings. The Morgan fingerprint density at radius 3 is 2.71 bits per heavy atom. The molecule has 3 rings (SSSR count). The van der Waals surface area contributed by atoms with Crippen LogP contribution in [0.3, 0.4) is 0 Å². The number of rotatable bonds is 5. The number of likely N-dealkylation sites (tertiary alicyclic amines) is 1. The minimum Gasteiger partial charge on any atom is -0.496 e. The summed E-state index contributed by atoms with van der Waals surface area (Å²) < 4.78 is 5.48. The standard InChI is InChI=1S/C22H27N3O3/c1-24-21(26)16-9-10-20(28-2)19(13-16)15-6-5-7-17(12-15)22(27)25-11-4-3-8-18(25)14-23/h5-7,9-10,12-13,18H,3-4,8,11,14,23H2,1-2H3,(H,24,26)/t18-/m0/s1. The Hall–Kier alpha value is -2.86. The van der Waals surface area contributed by atoms with E-state index < -0.39 is 0 Å². The number of carbonyl (C=O) groups is 2. The van der Waals surface area contributed by atoms with Crippen molar-refractivity contribution in [1.29, 1.82) is 0 Å². The van der Waals surface area contributed by atoms with Crippen LogP contribution in [0, 0.1) is 0 Å². The quantitative estimate of drug-likeness (QED) is 0.834. The molecular weight excluding hydrogens is 354 g/mol. The van der Waals surface area contributed by atoms with Gasteiger partial charge in [0, 0.05) is 42.9 Å². The Labute approximate surface area is 165 Å². The Balaban J connectivity index is 1.97. The van der Waals surface area contributed by atoms with Crippen molar-refractivity contribution in [3.63, 3.8) is 0 Å². The summed E-state index contributed by atoms with van der Waals surface area (Å²) in [4.78, 5) is 27.0. The van der Waals surface area contributed by atoms with E-state index in [1.165, 1.54) is 0 Å². The van der Waals surface area contributed by atoms with E-state index in [1.807, 2.05) is 29.2 Å². The van der Waals surface area contributed by atoms with Gasteiger partial charge in [0.05, 0.1) is 7.11 Å². The number of nitrogens with two attached hydrogens (primary N) is 1. The van der Waals surface area contributed by atoms with Gasteiger partial charge in [0.1, 0.15) is 5.75 Å². The Kier molecular flexibility index (Phi) is 6.31. The molecule has 0 saturated carbocycles. The van der Waals surface area contributed by atoms with Crippen LogP contribution in [0.25, 0.3) is 11.1 Å². The monoisotopic (exact) mass is 381 g/mol. The third kappa shape index (κ3) is 4.02. The highest BCUT2D eigenvalue weighted by molar-refractivity contribution is 5.98. The van der Waals surface area contributed by atoms with Crippen LogP contribution in [0.4, 0.5) is 0 Å². The first-order valence-corrected chi connectivity index (χ1v) is 9.60. The molecule has 1 aliphatic rings. The van der Waals surface area contributed by atoms with Gasteiger partial charge in [-0.15, -0.1) is 0 Å². The number of amides is 2. The van der Waals surface area contributed by atoms with Gasteiger partial charge >= 0.3 is 0 Å². The molecule has 3 N–H and O–H groups in total. The zero-order valence-electron chi connectivity index (χ0n) is 16.4. The summed E-state index contributed by atoms with van der Waals surface area (Å²) in [6.07, 6.45) is 3.06. The Bertz CT molecular complexity index is 866. The van der Waals surface area contributed by atoms with Gasteiger partial charge in [-0.25, -0.2) is 0 Å². The van der Waals surface area contributed by atoms with Crippen LogP contribution < -0.4 is 15.8 Å². The van der Waals surface area contributed by atoms with Crippen LogP contribution in [-0.4, -0.2) is 50.0 Å². The van der Waals surface area contributed by atoms with Crippen molar-refractivity contribution in [2.45, 2.75) is 25.3 Å². The van der Waals surface area contributed by atoms with Gasteiger partial charge in [-0.05, 0) is 55.2 Å². The summed E-state index contributed by atoms with van der Waals surface area (Å²) in [5.74, 6) is 0.476. The van der Waals surface area contributed by atoms with Crippen molar-refractivity contribution in [3.05, 3.63) is 53.6 Å². The number of methoxy groups -OCH3 is 1. The number of nitrogens with one attached hydrogen (secondary N) is 1. The molecule has 0 aromatic heterocycles. The molecule has 6 heteroatoms. The maximum atomic E-state index is 13.1. The second-order valence-corrected chi connectivity index (χ2v) is 6.96. The number of piperidine rings is 1. The molecule has 0 radical (unpaired) electrons. The van der Waals surface area contributed by atoms with Gasteiger partial charge < -0.3 is 20.7 Å². The number of ether oxygens (including phenoxy) is 1. The van der Waals surface area contributed by atoms with Gasteiger partial charge in [-0.2, -0.15) is 0 Å². The highest BCUT2D eigenvalue weighted by Crippen LogP contribution is 2.32. The lowest BCUT2D eigenvalue weighted by Gasteiger charge is -2.35. The van der Waals surface area contributed by atoms with Crippen molar-refractivity contribution in [1.82, 2.24) is 10.2 Å². The largest absolute Gasteiger partial charge is 0.496 e. The SMILES string of the molecule is CNC(=O)c1ccc(OC)c(-c2cccc(C(=O)N3CCCC[C@H]3CN)c2)c1. The number of carbonyl (C=O) groups excluding carboxylic acids is 2. The summed E-state index contributed by atoms with van der Waals surface area (Å²) in [7, 11) is 3.19. The lowest BCUT2D eigenvalue weighted by Crippen LogP contribution is -2.47. The number of nitrogens with zero attached hydrogens (tertiary/aromatic N) is 1. The summed E-state index contributed by atoms with van der Waals surface area (Å²) in [6.45, 7) is 1.22. The molecule has 148 valence electrons. The van der Waals surface area contributed by atoms with Gasteiger partial charge in [0.15, 0.2) is 0 Å². The van der Waals surface area contributed by atoms with Crippen LogP contribution in [0.1, 0.15) is 40.0 Å². The summed E-state index contributed by atoms with van der Waals surface area (Å²) >= 11 is 0. The van der Waals surface area contributed by atoms with Crippen molar-refractivity contribution in [2.75, 3.05) is 27.2 Å². The molecule has 1 heterocycles. The molecule has 1 atom stereocenters. The van der Waals surface area contributed by atoms with Crippen LogP contribution in [0.5, 0.6) is 5.75 Å². The van der Waals surface area contributed by atoms with Crippen molar-refractivity contribution >= 4 is 11.8 Å². The number of hydrogen-bond donors (Lipinski definition) is 2. The van der Waals surface area contributed by atoms with Gasteiger partial charge in [0.25, 0.3) is 11.8 Å². The van der Waals surface area contributed by atoms with E-state index in [2.05, 4.69) is 5.32 Å². The highest BCUT2D eigenvalue weighted by atomic mass is 16.5. The van der Waals surface area contributed by atoms with Gasteiger partial charge in [0.2, 0.25) is 0 Å². The van der Waals surface area contributed by atoms with Crippen molar-refractivity contribution in [3.8, 4) is 16.9 Å². The average Bonchev–Trinajstić information content (AvgIpc) is 2.77. The molecule has 1 saturated heterocycles. The molecule has 2 aromatic carbocycles. The summed E-state index contributed by atoms with van der Waals surface area (Å²) in [5.41, 5.74) is 8.63. The smallest absolute Gasteiger partial charge is 0.254 e. The third-order valence-electron chi connectivity index (χ3n) is 5.27. The fraction of sp³-hybridized carbons (Fsp3) is 0.364. The molecule has 0 unspecified atom stereocenters. The normalized spacial score (nSPS) is 16.5. The van der Waals surface area contributed by atoms with Crippen LogP contribution in [0.15, 0.2) is 42.5 Å². The molecule has 0 bridgehead atoms. The third-order valence-corrected chi connectivity index (χ3v) is 5.27. The van der Waals surface area contributed by atoms with E-state index in [-0.39, 0.29) is 17.9 Å². The van der Waals surface area contributed by atoms with E-state index in [0.29, 0.717) is 23.4 Å². The number of benzene rings is 2. The van der Waals surface area contributed by atoms with Crippen LogP contribution in [0.2, 0.25) is 0 Å². The van der Waals surface area contributed by atoms with Gasteiger partial charge in [-0.1, -0.05) is 12.1 Å². The van der Waals surface area contributed by atoms with E-state index in [1.54, 1.807) is 32.4 Å². The molecule has 2 amide bonds. The van der Waals surface area contributed by atoms with Crippen LogP contribution >= 0.6 is 0 Å². The second kappa shape index (κ2) is 8.89.